The molecule has 0 spiro atoms. The maximum absolute atomic E-state index is 11.8. The fourth-order valence-corrected chi connectivity index (χ4v) is 1.90. The lowest BCUT2D eigenvalue weighted by Crippen LogP contribution is -2.15. The molecule has 1 amide bonds. The molecular weight excluding hydrogens is 275 g/mol. The van der Waals surface area contributed by atoms with Crippen molar-refractivity contribution >= 4 is 34.9 Å². The van der Waals surface area contributed by atoms with Crippen LogP contribution >= 0.6 is 23.2 Å². The molecule has 0 saturated carbocycles. The fraction of sp³-hybridized carbons (Fsp3) is 0.167. The van der Waals surface area contributed by atoms with Crippen LogP contribution in [-0.4, -0.2) is 11.1 Å². The highest BCUT2D eigenvalue weighted by Crippen LogP contribution is 2.21. The first-order valence-electron chi connectivity index (χ1n) is 5.21. The number of aryl methyl sites for hydroxylation is 1. The largest absolute Gasteiger partial charge is 0.362 e. The molecule has 0 saturated heterocycles. The zero-order valence-electron chi connectivity index (χ0n) is 9.54. The molecule has 18 heavy (non-hydrogen) atoms. The van der Waals surface area contributed by atoms with Crippen LogP contribution < -0.4 is 5.32 Å². The van der Waals surface area contributed by atoms with Crippen LogP contribution in [0, 0.1) is 6.92 Å². The van der Waals surface area contributed by atoms with Crippen molar-refractivity contribution in [2.75, 3.05) is 5.32 Å². The van der Waals surface area contributed by atoms with Gasteiger partial charge in [-0.15, -0.1) is 0 Å². The summed E-state index contributed by atoms with van der Waals surface area (Å²) in [7, 11) is 0. The van der Waals surface area contributed by atoms with Gasteiger partial charge in [-0.05, 0) is 24.6 Å². The van der Waals surface area contributed by atoms with Gasteiger partial charge in [-0.25, -0.2) is 0 Å². The molecule has 0 aliphatic carbocycles. The molecule has 0 aliphatic rings. The van der Waals surface area contributed by atoms with Crippen LogP contribution in [0.4, 0.5) is 5.82 Å². The standard InChI is InChI=1S/C12H10Cl2N2O2/c1-7-6-18-16-12(7)15-11(17)4-8-2-3-9(13)5-10(8)14/h2-3,5-6H,4H2,1H3,(H,15,16,17). The third-order valence-corrected chi connectivity index (χ3v) is 2.96. The number of aromatic nitrogens is 1. The van der Waals surface area contributed by atoms with E-state index in [1.165, 1.54) is 6.26 Å². The average Bonchev–Trinajstić information content (AvgIpc) is 2.69. The molecule has 0 fully saturated rings. The maximum Gasteiger partial charge on any atom is 0.230 e. The van der Waals surface area contributed by atoms with Gasteiger partial charge < -0.3 is 9.84 Å². The van der Waals surface area contributed by atoms with Gasteiger partial charge in [0.15, 0.2) is 5.82 Å². The molecule has 4 nitrogen and oxygen atoms in total. The molecule has 0 atom stereocenters. The number of carbonyl (C=O) groups excluding carboxylic acids is 1. The van der Waals surface area contributed by atoms with E-state index in [-0.39, 0.29) is 12.3 Å². The Balaban J connectivity index is 2.05. The summed E-state index contributed by atoms with van der Waals surface area (Å²) in [5.41, 5.74) is 1.48. The van der Waals surface area contributed by atoms with Gasteiger partial charge >= 0.3 is 0 Å². The third-order valence-electron chi connectivity index (χ3n) is 2.37. The molecular formula is C12H10Cl2N2O2. The van der Waals surface area contributed by atoms with Gasteiger partial charge in [0.05, 0.1) is 6.42 Å². The van der Waals surface area contributed by atoms with Crippen molar-refractivity contribution < 1.29 is 9.32 Å². The zero-order chi connectivity index (χ0) is 13.1. The minimum atomic E-state index is -0.212. The Labute approximate surface area is 114 Å². The highest BCUT2D eigenvalue weighted by atomic mass is 35.5. The van der Waals surface area contributed by atoms with Crippen molar-refractivity contribution in [3.05, 3.63) is 45.6 Å². The Morgan fingerprint density at radius 3 is 2.83 bits per heavy atom. The number of rotatable bonds is 3. The van der Waals surface area contributed by atoms with Crippen LogP contribution in [0.1, 0.15) is 11.1 Å². The van der Waals surface area contributed by atoms with E-state index in [0.29, 0.717) is 21.4 Å². The molecule has 1 N–H and O–H groups in total. The molecule has 0 aliphatic heterocycles. The lowest BCUT2D eigenvalue weighted by Gasteiger charge is -2.05. The Morgan fingerprint density at radius 1 is 1.44 bits per heavy atom. The summed E-state index contributed by atoms with van der Waals surface area (Å²) in [5, 5.41) is 7.32. The average molecular weight is 285 g/mol. The van der Waals surface area contributed by atoms with Crippen molar-refractivity contribution in [3.8, 4) is 0 Å². The monoisotopic (exact) mass is 284 g/mol. The van der Waals surface area contributed by atoms with E-state index in [0.717, 1.165) is 5.56 Å². The minimum absolute atomic E-state index is 0.155. The van der Waals surface area contributed by atoms with E-state index in [2.05, 4.69) is 10.5 Å². The van der Waals surface area contributed by atoms with Crippen LogP contribution in [0.25, 0.3) is 0 Å². The van der Waals surface area contributed by atoms with Crippen molar-refractivity contribution in [3.63, 3.8) is 0 Å². The van der Waals surface area contributed by atoms with Crippen LogP contribution in [0.3, 0.4) is 0 Å². The molecule has 1 aromatic carbocycles. The summed E-state index contributed by atoms with van der Waals surface area (Å²) < 4.78 is 4.73. The first kappa shape index (κ1) is 12.9. The lowest BCUT2D eigenvalue weighted by atomic mass is 10.1. The van der Waals surface area contributed by atoms with Gasteiger partial charge in [0, 0.05) is 15.6 Å². The first-order valence-corrected chi connectivity index (χ1v) is 5.96. The quantitative estimate of drug-likeness (QED) is 0.939. The Hall–Kier alpha value is -1.52. The summed E-state index contributed by atoms with van der Waals surface area (Å²) in [6, 6.07) is 5.02. The molecule has 0 radical (unpaired) electrons. The van der Waals surface area contributed by atoms with Gasteiger partial charge in [0.1, 0.15) is 6.26 Å². The molecule has 1 aromatic heterocycles. The molecule has 1 heterocycles. The fourth-order valence-electron chi connectivity index (χ4n) is 1.42. The number of halogens is 2. The SMILES string of the molecule is Cc1conc1NC(=O)Cc1ccc(Cl)cc1Cl. The highest BCUT2D eigenvalue weighted by Gasteiger charge is 2.11. The summed E-state index contributed by atoms with van der Waals surface area (Å²) in [6.45, 7) is 1.79. The van der Waals surface area contributed by atoms with Crippen molar-refractivity contribution in [1.29, 1.82) is 0 Å². The van der Waals surface area contributed by atoms with Crippen LogP contribution in [0.15, 0.2) is 29.0 Å². The second-order valence-corrected chi connectivity index (χ2v) is 4.65. The summed E-state index contributed by atoms with van der Waals surface area (Å²) in [5.74, 6) is 0.210. The third kappa shape index (κ3) is 3.03. The smallest absolute Gasteiger partial charge is 0.230 e. The second kappa shape index (κ2) is 5.42. The number of nitrogens with one attached hydrogen (secondary N) is 1. The van der Waals surface area contributed by atoms with Gasteiger partial charge in [-0.1, -0.05) is 34.4 Å². The predicted octanol–water partition coefficient (Wildman–Crippen LogP) is 3.47. The summed E-state index contributed by atoms with van der Waals surface area (Å²) in [4.78, 5) is 11.8. The maximum atomic E-state index is 11.8. The molecule has 2 rings (SSSR count). The van der Waals surface area contributed by atoms with Crippen molar-refractivity contribution in [2.45, 2.75) is 13.3 Å². The zero-order valence-corrected chi connectivity index (χ0v) is 11.0. The minimum Gasteiger partial charge on any atom is -0.362 e. The Bertz CT molecular complexity index is 581. The van der Waals surface area contributed by atoms with E-state index in [4.69, 9.17) is 27.7 Å². The summed E-state index contributed by atoms with van der Waals surface area (Å²) in [6.07, 6.45) is 1.62. The number of anilines is 1. The molecule has 94 valence electrons. The number of carbonyl (C=O) groups is 1. The number of nitrogens with zero attached hydrogens (tertiary/aromatic N) is 1. The van der Waals surface area contributed by atoms with Crippen LogP contribution in [0.2, 0.25) is 10.0 Å². The normalized spacial score (nSPS) is 10.4. The number of hydrogen-bond acceptors (Lipinski definition) is 3. The van der Waals surface area contributed by atoms with Crippen LogP contribution in [0.5, 0.6) is 0 Å². The number of amides is 1. The van der Waals surface area contributed by atoms with Gasteiger partial charge in [-0.2, -0.15) is 0 Å². The Morgan fingerprint density at radius 2 is 2.22 bits per heavy atom. The van der Waals surface area contributed by atoms with Crippen molar-refractivity contribution in [2.24, 2.45) is 0 Å². The lowest BCUT2D eigenvalue weighted by molar-refractivity contribution is -0.115. The predicted molar refractivity (Wildman–Crippen MR) is 70.0 cm³/mol. The molecule has 2 aromatic rings. The molecule has 6 heteroatoms. The van der Waals surface area contributed by atoms with Gasteiger partial charge in [0.25, 0.3) is 0 Å². The van der Waals surface area contributed by atoms with E-state index in [1.807, 2.05) is 0 Å². The summed E-state index contributed by atoms with van der Waals surface area (Å²) >= 11 is 11.8. The first-order chi connectivity index (χ1) is 8.56. The van der Waals surface area contributed by atoms with E-state index < -0.39 is 0 Å². The highest BCUT2D eigenvalue weighted by molar-refractivity contribution is 6.35. The van der Waals surface area contributed by atoms with E-state index in [1.54, 1.807) is 25.1 Å². The molecule has 0 unspecified atom stereocenters. The van der Waals surface area contributed by atoms with Crippen LogP contribution in [-0.2, 0) is 11.2 Å². The topological polar surface area (TPSA) is 55.1 Å². The van der Waals surface area contributed by atoms with Crippen molar-refractivity contribution in [1.82, 2.24) is 5.16 Å². The number of benzene rings is 1. The second-order valence-electron chi connectivity index (χ2n) is 3.81. The van der Waals surface area contributed by atoms with E-state index in [9.17, 15) is 4.79 Å². The van der Waals surface area contributed by atoms with E-state index >= 15 is 0 Å². The Kier molecular flexibility index (Phi) is 3.89. The molecule has 0 bridgehead atoms. The van der Waals surface area contributed by atoms with Gasteiger partial charge in [-0.3, -0.25) is 4.79 Å². The number of hydrogen-bond donors (Lipinski definition) is 1. The van der Waals surface area contributed by atoms with Gasteiger partial charge in [0.2, 0.25) is 5.91 Å².